The molecule has 1 aromatic rings. The predicted octanol–water partition coefficient (Wildman–Crippen LogP) is 5.55. The quantitative estimate of drug-likeness (QED) is 0.405. The average Bonchev–Trinajstić information content (AvgIpc) is 2.68. The van der Waals surface area contributed by atoms with E-state index in [0.717, 1.165) is 32.1 Å². The Morgan fingerprint density at radius 2 is 1.50 bits per heavy atom. The largest absolute Gasteiger partial charge is 0.462 e. The zero-order chi connectivity index (χ0) is 18.6. The molecule has 0 radical (unpaired) electrons. The van der Waals surface area contributed by atoms with Crippen LogP contribution in [0.1, 0.15) is 91.8 Å². The van der Waals surface area contributed by atoms with Crippen molar-refractivity contribution in [2.24, 2.45) is 5.92 Å². The zero-order valence-electron chi connectivity index (χ0n) is 16.0. The van der Waals surface area contributed by atoms with Crippen LogP contribution >= 0.6 is 0 Å². The molecule has 1 saturated carbocycles. The van der Waals surface area contributed by atoms with Gasteiger partial charge in [0, 0.05) is 0 Å². The number of carbonyl (C=O) groups is 2. The number of ether oxygens (including phenoxy) is 2. The summed E-state index contributed by atoms with van der Waals surface area (Å²) in [6.07, 6.45) is 11.5. The number of carbonyl (C=O) groups excluding carboxylic acids is 2. The summed E-state index contributed by atoms with van der Waals surface area (Å²) in [5.41, 5.74) is 0.598. The number of hydrogen-bond donors (Lipinski definition) is 0. The van der Waals surface area contributed by atoms with Crippen molar-refractivity contribution < 1.29 is 19.1 Å². The Kier molecular flexibility index (Phi) is 9.22. The van der Waals surface area contributed by atoms with Gasteiger partial charge in [0.15, 0.2) is 0 Å². The van der Waals surface area contributed by atoms with Crippen LogP contribution in [0.5, 0.6) is 0 Å². The fraction of sp³-hybridized carbons (Fsp3) is 0.636. The van der Waals surface area contributed by atoms with E-state index in [-0.39, 0.29) is 0 Å². The summed E-state index contributed by atoms with van der Waals surface area (Å²) in [6, 6.07) is 6.75. The Morgan fingerprint density at radius 3 is 2.12 bits per heavy atom. The molecule has 0 saturated heterocycles. The van der Waals surface area contributed by atoms with Gasteiger partial charge in [-0.25, -0.2) is 9.59 Å². The molecule has 0 spiro atoms. The molecule has 1 fully saturated rings. The number of rotatable bonds is 10. The monoisotopic (exact) mass is 360 g/mol. The van der Waals surface area contributed by atoms with Crippen molar-refractivity contribution >= 4 is 11.9 Å². The predicted molar refractivity (Wildman–Crippen MR) is 102 cm³/mol. The van der Waals surface area contributed by atoms with E-state index in [4.69, 9.17) is 9.47 Å². The Labute approximate surface area is 157 Å². The third-order valence-corrected chi connectivity index (χ3v) is 5.08. The number of hydrogen-bond acceptors (Lipinski definition) is 4. The summed E-state index contributed by atoms with van der Waals surface area (Å²) in [7, 11) is 0. The molecule has 0 aromatic heterocycles. The summed E-state index contributed by atoms with van der Waals surface area (Å²) in [6.45, 7) is 2.95. The molecule has 1 aromatic carbocycles. The molecule has 4 nitrogen and oxygen atoms in total. The standard InChI is InChI=1S/C22H32O4/c1-2-3-4-10-16-25-21(23)19-13-8-9-14-20(19)22(24)26-17-15-18-11-6-5-7-12-18/h8-9,13-14,18H,2-7,10-12,15-17H2,1H3. The second kappa shape index (κ2) is 11.7. The average molecular weight is 360 g/mol. The molecule has 0 unspecified atom stereocenters. The minimum Gasteiger partial charge on any atom is -0.462 e. The molecular formula is C22H32O4. The summed E-state index contributed by atoms with van der Waals surface area (Å²) in [5, 5.41) is 0. The molecule has 144 valence electrons. The van der Waals surface area contributed by atoms with E-state index < -0.39 is 11.9 Å². The van der Waals surface area contributed by atoms with Gasteiger partial charge in [-0.2, -0.15) is 0 Å². The molecule has 0 amide bonds. The van der Waals surface area contributed by atoms with E-state index in [1.165, 1.54) is 32.1 Å². The topological polar surface area (TPSA) is 52.6 Å². The maximum Gasteiger partial charge on any atom is 0.339 e. The van der Waals surface area contributed by atoms with E-state index in [9.17, 15) is 9.59 Å². The smallest absolute Gasteiger partial charge is 0.339 e. The highest BCUT2D eigenvalue weighted by Crippen LogP contribution is 2.26. The maximum atomic E-state index is 12.4. The summed E-state index contributed by atoms with van der Waals surface area (Å²) in [5.74, 6) is -0.208. The fourth-order valence-electron chi connectivity index (χ4n) is 3.48. The van der Waals surface area contributed by atoms with Crippen molar-refractivity contribution in [1.29, 1.82) is 0 Å². The van der Waals surface area contributed by atoms with Crippen molar-refractivity contribution in [1.82, 2.24) is 0 Å². The van der Waals surface area contributed by atoms with Gasteiger partial charge in [0.2, 0.25) is 0 Å². The van der Waals surface area contributed by atoms with Gasteiger partial charge in [-0.15, -0.1) is 0 Å². The van der Waals surface area contributed by atoms with Gasteiger partial charge in [-0.05, 0) is 30.9 Å². The van der Waals surface area contributed by atoms with Gasteiger partial charge in [0.25, 0.3) is 0 Å². The highest BCUT2D eigenvalue weighted by atomic mass is 16.5. The van der Waals surface area contributed by atoms with Gasteiger partial charge in [0.05, 0.1) is 24.3 Å². The van der Waals surface area contributed by atoms with Crippen molar-refractivity contribution in [3.05, 3.63) is 35.4 Å². The van der Waals surface area contributed by atoms with Gasteiger partial charge < -0.3 is 9.47 Å². The third-order valence-electron chi connectivity index (χ3n) is 5.08. The molecule has 1 aliphatic rings. The maximum absolute atomic E-state index is 12.4. The van der Waals surface area contributed by atoms with Crippen LogP contribution < -0.4 is 0 Å². The van der Waals surface area contributed by atoms with Crippen molar-refractivity contribution in [3.63, 3.8) is 0 Å². The van der Waals surface area contributed by atoms with E-state index >= 15 is 0 Å². The van der Waals surface area contributed by atoms with Crippen LogP contribution in [-0.2, 0) is 9.47 Å². The van der Waals surface area contributed by atoms with Crippen LogP contribution in [0, 0.1) is 5.92 Å². The summed E-state index contributed by atoms with van der Waals surface area (Å²) < 4.78 is 10.8. The van der Waals surface area contributed by atoms with E-state index in [0.29, 0.717) is 30.3 Å². The molecule has 0 aliphatic heterocycles. The minimum absolute atomic E-state index is 0.297. The summed E-state index contributed by atoms with van der Waals surface area (Å²) in [4.78, 5) is 24.7. The van der Waals surface area contributed by atoms with Gasteiger partial charge in [-0.3, -0.25) is 0 Å². The Morgan fingerprint density at radius 1 is 0.885 bits per heavy atom. The lowest BCUT2D eigenvalue weighted by atomic mass is 9.87. The molecule has 4 heteroatoms. The van der Waals surface area contributed by atoms with Crippen molar-refractivity contribution in [3.8, 4) is 0 Å². The lowest BCUT2D eigenvalue weighted by molar-refractivity contribution is 0.0437. The highest BCUT2D eigenvalue weighted by Gasteiger charge is 2.20. The Hall–Kier alpha value is -1.84. The van der Waals surface area contributed by atoms with E-state index in [1.54, 1.807) is 24.3 Å². The van der Waals surface area contributed by atoms with Gasteiger partial charge >= 0.3 is 11.9 Å². The molecule has 2 rings (SSSR count). The Balaban J connectivity index is 1.82. The number of esters is 2. The second-order valence-corrected chi connectivity index (χ2v) is 7.17. The van der Waals surface area contributed by atoms with Gasteiger partial charge in [-0.1, -0.05) is 70.4 Å². The normalized spacial score (nSPS) is 14.8. The van der Waals surface area contributed by atoms with Crippen molar-refractivity contribution in [2.45, 2.75) is 71.1 Å². The molecule has 0 N–H and O–H groups in total. The first-order chi connectivity index (χ1) is 12.7. The van der Waals surface area contributed by atoms with Crippen LogP contribution in [0.25, 0.3) is 0 Å². The SMILES string of the molecule is CCCCCCOC(=O)c1ccccc1C(=O)OCCC1CCCCC1. The molecule has 0 atom stereocenters. The minimum atomic E-state index is -0.443. The number of benzene rings is 1. The fourth-order valence-corrected chi connectivity index (χ4v) is 3.48. The van der Waals surface area contributed by atoms with E-state index in [1.807, 2.05) is 0 Å². The van der Waals surface area contributed by atoms with E-state index in [2.05, 4.69) is 6.92 Å². The molecule has 0 bridgehead atoms. The number of unbranched alkanes of at least 4 members (excludes halogenated alkanes) is 3. The lowest BCUT2D eigenvalue weighted by Gasteiger charge is -2.21. The first-order valence-electron chi connectivity index (χ1n) is 10.2. The Bertz CT molecular complexity index is 561. The van der Waals surface area contributed by atoms with Crippen LogP contribution in [0.4, 0.5) is 0 Å². The molecule has 0 heterocycles. The first-order valence-corrected chi connectivity index (χ1v) is 10.2. The molecule has 26 heavy (non-hydrogen) atoms. The van der Waals surface area contributed by atoms with Crippen LogP contribution in [-0.4, -0.2) is 25.2 Å². The zero-order valence-corrected chi connectivity index (χ0v) is 16.0. The van der Waals surface area contributed by atoms with Gasteiger partial charge in [0.1, 0.15) is 0 Å². The highest BCUT2D eigenvalue weighted by molar-refractivity contribution is 6.03. The van der Waals surface area contributed by atoms with Crippen LogP contribution in [0.2, 0.25) is 0 Å². The molecule has 1 aliphatic carbocycles. The molecular weight excluding hydrogens is 328 g/mol. The lowest BCUT2D eigenvalue weighted by Crippen LogP contribution is -2.16. The first kappa shape index (κ1) is 20.5. The van der Waals surface area contributed by atoms with Crippen molar-refractivity contribution in [2.75, 3.05) is 13.2 Å². The third kappa shape index (κ3) is 6.81. The second-order valence-electron chi connectivity index (χ2n) is 7.17. The summed E-state index contributed by atoms with van der Waals surface area (Å²) >= 11 is 0. The van der Waals surface area contributed by atoms with Crippen LogP contribution in [0.3, 0.4) is 0 Å². The van der Waals surface area contributed by atoms with Crippen LogP contribution in [0.15, 0.2) is 24.3 Å².